The fourth-order valence-corrected chi connectivity index (χ4v) is 10.8. The van der Waals surface area contributed by atoms with E-state index < -0.39 is 17.7 Å². The topological polar surface area (TPSA) is 219 Å². The summed E-state index contributed by atoms with van der Waals surface area (Å²) in [6.07, 6.45) is 11.2. The van der Waals surface area contributed by atoms with Crippen LogP contribution in [0, 0.1) is 0 Å². The first-order valence-corrected chi connectivity index (χ1v) is 29.1. The van der Waals surface area contributed by atoms with Crippen LogP contribution in [-0.4, -0.2) is 138 Å². The molecule has 83 heavy (non-hydrogen) atoms. The molecule has 20 nitrogen and oxygen atoms in total. The Hall–Kier alpha value is -7.97. The van der Waals surface area contributed by atoms with Gasteiger partial charge in [0.2, 0.25) is 11.8 Å². The van der Waals surface area contributed by atoms with E-state index in [4.69, 9.17) is 24.2 Å². The molecule has 4 fully saturated rings. The molecule has 4 saturated heterocycles. The molecule has 3 amide bonds. The number of aromatic nitrogens is 6. The van der Waals surface area contributed by atoms with Crippen LogP contribution in [-0.2, 0) is 59.3 Å². The zero-order chi connectivity index (χ0) is 59.0. The van der Waals surface area contributed by atoms with Crippen LogP contribution in [0.1, 0.15) is 132 Å². The third-order valence-electron chi connectivity index (χ3n) is 15.5. The molecule has 0 saturated carbocycles. The van der Waals surface area contributed by atoms with Gasteiger partial charge in [0.05, 0.1) is 31.0 Å². The van der Waals surface area contributed by atoms with E-state index in [2.05, 4.69) is 67.0 Å². The standard InChI is InChI=1S/C34H44N6O5.C29H36N6O3/c1-7-31(42)38-14-11-27(38)28(41)18-23-9-8-10-24(17-23)21-39(33(43)45-34(4,5)6)30-19-29(36-25-12-15-44-16-13-25)37-32-26(22(2)3)20-35-40(30)32;1-4-28(37)34-11-8-24(34)25(36)15-20-6-5-7-21(14-20)17-30-27-16-26(32-22-9-12-38-13-10-22)33-29-23(19(2)3)18-31-35(27)29/h7-10,17,19-20,22,25,27H,1,11-16,18,21H2,2-6H3,(H,36,37);4-7,14,16,18-19,22,24,30H,1,8-13,15,17H2,2-3H3,(H,32,33). The van der Waals surface area contributed by atoms with E-state index >= 15 is 0 Å². The smallest absolute Gasteiger partial charge is 0.416 e. The molecule has 2 atom stereocenters. The van der Waals surface area contributed by atoms with Crippen molar-refractivity contribution >= 4 is 64.0 Å². The summed E-state index contributed by atoms with van der Waals surface area (Å²) in [4.78, 5) is 78.4. The van der Waals surface area contributed by atoms with Gasteiger partial charge in [-0.05, 0) is 106 Å². The SMILES string of the molecule is C=CC(=O)N1CCC1C(=O)Cc1cccc(CN(C(=O)OC(C)(C)C)c2cc(NC3CCOCC3)nc3c(C(C)C)cnn23)c1.C=CC(=O)N1CCC1C(=O)Cc1cccc(CNc2cc(NC3CCOCC3)nc3c(C(C)C)cnn23)c1. The van der Waals surface area contributed by atoms with Crippen molar-refractivity contribution in [3.63, 3.8) is 0 Å². The molecule has 20 heteroatoms. The quantitative estimate of drug-likeness (QED) is 0.0607. The van der Waals surface area contributed by atoms with Crippen LogP contribution in [0.5, 0.6) is 0 Å². The van der Waals surface area contributed by atoms with Gasteiger partial charge in [-0.25, -0.2) is 14.8 Å². The second-order valence-electron chi connectivity index (χ2n) is 23.5. The van der Waals surface area contributed by atoms with E-state index in [-0.39, 0.29) is 54.3 Å². The van der Waals surface area contributed by atoms with Gasteiger partial charge in [0.25, 0.3) is 0 Å². The maximum absolute atomic E-state index is 13.9. The minimum atomic E-state index is -0.732. The van der Waals surface area contributed by atoms with E-state index in [1.807, 2.05) is 92.1 Å². The second-order valence-corrected chi connectivity index (χ2v) is 23.5. The van der Waals surface area contributed by atoms with Crippen molar-refractivity contribution in [3.05, 3.63) is 132 Å². The largest absolute Gasteiger partial charge is 0.443 e. The van der Waals surface area contributed by atoms with E-state index in [9.17, 15) is 24.0 Å². The number of carbonyl (C=O) groups excluding carboxylic acids is 5. The molecular weight excluding hydrogens is 1050 g/mol. The van der Waals surface area contributed by atoms with Gasteiger partial charge in [-0.1, -0.05) is 89.4 Å². The Labute approximate surface area is 486 Å². The number of nitrogens with zero attached hydrogens (tertiary/aromatic N) is 9. The van der Waals surface area contributed by atoms with E-state index in [0.717, 1.165) is 89.6 Å². The van der Waals surface area contributed by atoms with Gasteiger partial charge < -0.3 is 40.0 Å². The number of benzene rings is 2. The number of fused-ring (bicyclic) bond motifs is 2. The van der Waals surface area contributed by atoms with E-state index in [1.54, 1.807) is 25.4 Å². The summed E-state index contributed by atoms with van der Waals surface area (Å²) < 4.78 is 20.5. The fraction of sp³-hybridized carbons (Fsp3) is 0.476. The van der Waals surface area contributed by atoms with Gasteiger partial charge in [-0.3, -0.25) is 24.1 Å². The van der Waals surface area contributed by atoms with Crippen molar-refractivity contribution < 1.29 is 38.2 Å². The summed E-state index contributed by atoms with van der Waals surface area (Å²) in [5.74, 6) is 2.95. The molecule has 4 aliphatic heterocycles. The lowest BCUT2D eigenvalue weighted by molar-refractivity contribution is -0.142. The predicted octanol–water partition coefficient (Wildman–Crippen LogP) is 9.24. The lowest BCUT2D eigenvalue weighted by atomic mass is 9.93. The van der Waals surface area contributed by atoms with Crippen molar-refractivity contribution in [2.24, 2.45) is 0 Å². The molecule has 0 spiro atoms. The van der Waals surface area contributed by atoms with Gasteiger partial charge in [0.15, 0.2) is 22.9 Å². The highest BCUT2D eigenvalue weighted by Crippen LogP contribution is 2.31. The maximum atomic E-state index is 13.9. The molecule has 4 aromatic heterocycles. The Bertz CT molecular complexity index is 3330. The number of Topliss-reactive ketones (excluding diaryl/α,β-unsaturated/α-hetero) is 2. The monoisotopic (exact) mass is 1130 g/mol. The number of nitrogens with one attached hydrogen (secondary N) is 3. The second kappa shape index (κ2) is 26.5. The van der Waals surface area contributed by atoms with Crippen molar-refractivity contribution in [1.29, 1.82) is 0 Å². The Morgan fingerprint density at radius 2 is 1.13 bits per heavy atom. The highest BCUT2D eigenvalue weighted by Gasteiger charge is 2.37. The average molecular weight is 1130 g/mol. The Morgan fingerprint density at radius 3 is 1.61 bits per heavy atom. The molecule has 10 rings (SSSR count). The van der Waals surface area contributed by atoms with Crippen molar-refractivity contribution in [2.75, 3.05) is 60.4 Å². The van der Waals surface area contributed by atoms with Crippen LogP contribution in [0.15, 0.2) is 98.4 Å². The maximum Gasteiger partial charge on any atom is 0.416 e. The predicted molar refractivity (Wildman–Crippen MR) is 320 cm³/mol. The first kappa shape index (κ1) is 59.6. The number of carbonyl (C=O) groups is 5. The van der Waals surface area contributed by atoms with E-state index in [1.165, 1.54) is 12.2 Å². The number of rotatable bonds is 20. The number of likely N-dealkylation sites (tertiary alicyclic amines) is 2. The minimum absolute atomic E-state index is 0.0185. The zero-order valence-electron chi connectivity index (χ0n) is 49.1. The van der Waals surface area contributed by atoms with Crippen LogP contribution < -0.4 is 20.9 Å². The van der Waals surface area contributed by atoms with Crippen LogP contribution in [0.3, 0.4) is 0 Å². The van der Waals surface area contributed by atoms with Crippen LogP contribution in [0.4, 0.5) is 28.1 Å². The lowest BCUT2D eigenvalue weighted by Crippen LogP contribution is -2.55. The Balaban J connectivity index is 0.000000202. The van der Waals surface area contributed by atoms with Gasteiger partial charge >= 0.3 is 6.09 Å². The normalized spacial score (nSPS) is 17.5. The molecule has 6 aromatic rings. The van der Waals surface area contributed by atoms with Crippen LogP contribution in [0.25, 0.3) is 11.3 Å². The fourth-order valence-electron chi connectivity index (χ4n) is 10.8. The first-order valence-electron chi connectivity index (χ1n) is 29.1. The van der Waals surface area contributed by atoms with Crippen molar-refractivity contribution in [2.45, 2.75) is 155 Å². The summed E-state index contributed by atoms with van der Waals surface area (Å²) >= 11 is 0. The average Bonchev–Trinajstić information content (AvgIpc) is 4.19. The summed E-state index contributed by atoms with van der Waals surface area (Å²) in [5.41, 5.74) is 6.48. The van der Waals surface area contributed by atoms with Gasteiger partial charge in [0.1, 0.15) is 28.9 Å². The molecular formula is C63H80N12O8. The molecule has 2 unspecified atom stereocenters. The zero-order valence-corrected chi connectivity index (χ0v) is 49.1. The number of ketones is 2. The summed E-state index contributed by atoms with van der Waals surface area (Å²) in [6, 6.07) is 19.2. The molecule has 0 bridgehead atoms. The summed E-state index contributed by atoms with van der Waals surface area (Å²) in [5, 5.41) is 20.0. The van der Waals surface area contributed by atoms with Gasteiger partial charge in [-0.15, -0.1) is 0 Å². The van der Waals surface area contributed by atoms with Crippen LogP contribution >= 0.6 is 0 Å². The highest BCUT2D eigenvalue weighted by atomic mass is 16.6. The molecule has 0 aliphatic carbocycles. The van der Waals surface area contributed by atoms with Gasteiger partial charge in [-0.2, -0.15) is 19.2 Å². The molecule has 3 N–H and O–H groups in total. The third kappa shape index (κ3) is 14.6. The number of amides is 3. The molecule has 4 aliphatic rings. The lowest BCUT2D eigenvalue weighted by Gasteiger charge is -2.39. The number of anilines is 4. The van der Waals surface area contributed by atoms with E-state index in [0.29, 0.717) is 81.4 Å². The van der Waals surface area contributed by atoms with Crippen molar-refractivity contribution in [1.82, 2.24) is 39.0 Å². The molecule has 0 radical (unpaired) electrons. The van der Waals surface area contributed by atoms with Gasteiger partial charge in [0, 0.05) is 94.2 Å². The molecule has 8 heterocycles. The molecule has 2 aromatic carbocycles. The Morgan fingerprint density at radius 1 is 0.663 bits per heavy atom. The van der Waals surface area contributed by atoms with Crippen molar-refractivity contribution in [3.8, 4) is 0 Å². The minimum Gasteiger partial charge on any atom is -0.443 e. The number of hydrogen-bond donors (Lipinski definition) is 3. The third-order valence-corrected chi connectivity index (χ3v) is 15.5. The highest BCUT2D eigenvalue weighted by molar-refractivity contribution is 5.96. The summed E-state index contributed by atoms with van der Waals surface area (Å²) in [7, 11) is 0. The number of hydrogen-bond acceptors (Lipinski definition) is 15. The Kier molecular flexibility index (Phi) is 19.1. The number of ether oxygens (including phenoxy) is 3. The summed E-state index contributed by atoms with van der Waals surface area (Å²) in [6.45, 7) is 25.9. The first-order chi connectivity index (χ1) is 39.9. The van der Waals surface area contributed by atoms with Crippen LogP contribution in [0.2, 0.25) is 0 Å². The molecule has 440 valence electrons.